The molecular weight excluding hydrogens is 331 g/mol. The van der Waals surface area contributed by atoms with Crippen molar-refractivity contribution in [1.29, 1.82) is 0 Å². The predicted octanol–water partition coefficient (Wildman–Crippen LogP) is 0.384. The molecule has 10 nitrogen and oxygen atoms in total. The highest BCUT2D eigenvalue weighted by atomic mass is 31.2. The van der Waals surface area contributed by atoms with Crippen LogP contribution in [0.15, 0.2) is 30.3 Å². The molecule has 0 aliphatic carbocycles. The number of hydrogen-bond acceptors (Lipinski definition) is 7. The van der Waals surface area contributed by atoms with E-state index in [1.54, 1.807) is 6.07 Å². The Morgan fingerprint density at radius 1 is 1.26 bits per heavy atom. The van der Waals surface area contributed by atoms with Crippen LogP contribution in [0.3, 0.4) is 0 Å². The molecule has 23 heavy (non-hydrogen) atoms. The highest BCUT2D eigenvalue weighted by Gasteiger charge is 2.52. The molecule has 0 radical (unpaired) electrons. The number of hydroxylamine groups is 2. The van der Waals surface area contributed by atoms with E-state index in [0.29, 0.717) is 5.23 Å². The SMILES string of the molecule is CON(OC)[C@](CC(=O)O)(C(=O)OP(N)(=O)O)c1ccccc1. The molecule has 1 aromatic carbocycles. The number of carboxylic acids is 1. The molecule has 0 amide bonds. The Balaban J connectivity index is 3.55. The van der Waals surface area contributed by atoms with E-state index in [1.807, 2.05) is 0 Å². The Morgan fingerprint density at radius 3 is 2.17 bits per heavy atom. The molecule has 0 aliphatic rings. The van der Waals surface area contributed by atoms with Crippen molar-refractivity contribution in [2.24, 2.45) is 5.50 Å². The predicted molar refractivity (Wildman–Crippen MR) is 76.3 cm³/mol. The van der Waals surface area contributed by atoms with Gasteiger partial charge in [-0.15, -0.1) is 0 Å². The Kier molecular flexibility index (Phi) is 6.39. The average molecular weight is 348 g/mol. The topological polar surface area (TPSA) is 149 Å². The molecule has 4 N–H and O–H groups in total. The minimum Gasteiger partial charge on any atom is -0.481 e. The fourth-order valence-corrected chi connectivity index (χ4v) is 2.44. The Bertz CT molecular complexity index is 600. The van der Waals surface area contributed by atoms with Gasteiger partial charge >= 0.3 is 19.7 Å². The summed E-state index contributed by atoms with van der Waals surface area (Å²) in [5.41, 5.74) is 2.76. The monoisotopic (exact) mass is 348 g/mol. The first-order valence-corrected chi connectivity index (χ1v) is 7.83. The lowest BCUT2D eigenvalue weighted by Crippen LogP contribution is -2.53. The molecule has 0 spiro atoms. The summed E-state index contributed by atoms with van der Waals surface area (Å²) in [5.74, 6) is -2.82. The van der Waals surface area contributed by atoms with Crippen LogP contribution in [0.2, 0.25) is 0 Å². The smallest absolute Gasteiger partial charge is 0.455 e. The highest BCUT2D eigenvalue weighted by molar-refractivity contribution is 7.50. The Morgan fingerprint density at radius 2 is 1.78 bits per heavy atom. The summed E-state index contributed by atoms with van der Waals surface area (Å²) < 4.78 is 15.6. The summed E-state index contributed by atoms with van der Waals surface area (Å²) in [5, 5.41) is 9.75. The first kappa shape index (κ1) is 19.2. The number of hydrogen-bond donors (Lipinski definition) is 3. The van der Waals surface area contributed by atoms with Crippen LogP contribution in [0.25, 0.3) is 0 Å². The maximum absolute atomic E-state index is 12.5. The lowest BCUT2D eigenvalue weighted by Gasteiger charge is -2.37. The van der Waals surface area contributed by atoms with Crippen LogP contribution < -0.4 is 5.50 Å². The molecule has 1 unspecified atom stereocenters. The van der Waals surface area contributed by atoms with E-state index >= 15 is 0 Å². The summed E-state index contributed by atoms with van der Waals surface area (Å²) in [6.45, 7) is 0. The number of rotatable bonds is 8. The van der Waals surface area contributed by atoms with Crippen molar-refractivity contribution in [2.45, 2.75) is 12.0 Å². The normalized spacial score (nSPS) is 16.4. The van der Waals surface area contributed by atoms with Crippen LogP contribution in [0, 0.1) is 0 Å². The average Bonchev–Trinajstić information content (AvgIpc) is 2.45. The second kappa shape index (κ2) is 7.64. The molecule has 0 saturated heterocycles. The van der Waals surface area contributed by atoms with Gasteiger partial charge in [0.1, 0.15) is 0 Å². The maximum Gasteiger partial charge on any atom is 0.455 e. The van der Waals surface area contributed by atoms with Crippen LogP contribution in [-0.4, -0.2) is 41.4 Å². The number of carboxylic acid groups (broad SMARTS) is 1. The van der Waals surface area contributed by atoms with E-state index in [-0.39, 0.29) is 5.56 Å². The molecule has 0 aliphatic heterocycles. The Labute approximate surface area is 131 Å². The van der Waals surface area contributed by atoms with Gasteiger partial charge in [0.2, 0.25) is 5.54 Å². The summed E-state index contributed by atoms with van der Waals surface area (Å²) >= 11 is 0. The lowest BCUT2D eigenvalue weighted by atomic mass is 9.87. The maximum atomic E-state index is 12.5. The number of nitrogens with two attached hydrogens (primary N) is 1. The van der Waals surface area contributed by atoms with Crippen LogP contribution in [0.5, 0.6) is 0 Å². The zero-order valence-electron chi connectivity index (χ0n) is 12.4. The van der Waals surface area contributed by atoms with Crippen molar-refractivity contribution in [3.8, 4) is 0 Å². The molecule has 0 fully saturated rings. The van der Waals surface area contributed by atoms with Gasteiger partial charge in [0, 0.05) is 0 Å². The molecule has 0 aromatic heterocycles. The Hall–Kier alpha value is -1.81. The van der Waals surface area contributed by atoms with Gasteiger partial charge in [-0.05, 0) is 10.8 Å². The molecule has 2 atom stereocenters. The molecule has 128 valence electrons. The van der Waals surface area contributed by atoms with Gasteiger partial charge in [-0.3, -0.25) is 14.5 Å². The van der Waals surface area contributed by atoms with E-state index in [4.69, 9.17) is 20.1 Å². The van der Waals surface area contributed by atoms with Crippen molar-refractivity contribution in [2.75, 3.05) is 14.2 Å². The first-order chi connectivity index (χ1) is 10.7. The van der Waals surface area contributed by atoms with Crippen LogP contribution in [-0.2, 0) is 33.9 Å². The number of carbonyl (C=O) groups is 2. The standard InChI is InChI=1S/C12H17N2O8P/c1-20-14(21-2)12(8-10(15)16,9-6-4-3-5-7-9)11(17)22-23(13,18)19/h3-7H,8H2,1-2H3,(H,15,16)(H3,13,18,19)/t12-/m0/s1. The summed E-state index contributed by atoms with van der Waals surface area (Å²) in [7, 11) is -2.48. The van der Waals surface area contributed by atoms with E-state index < -0.39 is 31.6 Å². The number of carbonyl (C=O) groups excluding carboxylic acids is 1. The molecule has 0 heterocycles. The van der Waals surface area contributed by atoms with Gasteiger partial charge in [-0.25, -0.2) is 14.9 Å². The van der Waals surface area contributed by atoms with Crippen molar-refractivity contribution in [1.82, 2.24) is 5.23 Å². The van der Waals surface area contributed by atoms with Gasteiger partial charge in [0.25, 0.3) is 0 Å². The third-order valence-corrected chi connectivity index (χ3v) is 3.28. The summed E-state index contributed by atoms with van der Waals surface area (Å²) in [6.07, 6.45) is -0.877. The lowest BCUT2D eigenvalue weighted by molar-refractivity contribution is -0.389. The van der Waals surface area contributed by atoms with Gasteiger partial charge in [0.05, 0.1) is 20.6 Å². The zero-order valence-corrected chi connectivity index (χ0v) is 13.3. The fraction of sp³-hybridized carbons (Fsp3) is 0.333. The van der Waals surface area contributed by atoms with Crippen LogP contribution in [0.1, 0.15) is 12.0 Å². The molecule has 0 saturated carbocycles. The number of aliphatic carboxylic acids is 1. The van der Waals surface area contributed by atoms with Crippen LogP contribution in [0.4, 0.5) is 0 Å². The second-order valence-electron chi connectivity index (χ2n) is 4.36. The number of nitrogens with zero attached hydrogens (tertiary/aromatic N) is 1. The minimum atomic E-state index is -4.72. The van der Waals surface area contributed by atoms with Crippen molar-refractivity contribution in [3.05, 3.63) is 35.9 Å². The van der Waals surface area contributed by atoms with E-state index in [0.717, 1.165) is 14.2 Å². The summed E-state index contributed by atoms with van der Waals surface area (Å²) in [4.78, 5) is 42.6. The van der Waals surface area contributed by atoms with Crippen molar-refractivity contribution in [3.63, 3.8) is 0 Å². The van der Waals surface area contributed by atoms with Crippen molar-refractivity contribution < 1.29 is 38.4 Å². The third-order valence-electron chi connectivity index (χ3n) is 2.85. The molecule has 11 heteroatoms. The quantitative estimate of drug-likeness (QED) is 0.444. The zero-order chi connectivity index (χ0) is 17.7. The van der Waals surface area contributed by atoms with E-state index in [9.17, 15) is 19.3 Å². The van der Waals surface area contributed by atoms with Gasteiger partial charge in [-0.2, -0.15) is 0 Å². The molecule has 1 rings (SSSR count). The molecule has 0 bridgehead atoms. The highest BCUT2D eigenvalue weighted by Crippen LogP contribution is 2.40. The fourth-order valence-electron chi connectivity index (χ4n) is 2.05. The first-order valence-electron chi connectivity index (χ1n) is 6.18. The number of benzene rings is 1. The van der Waals surface area contributed by atoms with Crippen molar-refractivity contribution >= 4 is 19.7 Å². The van der Waals surface area contributed by atoms with Gasteiger partial charge in [0.15, 0.2) is 0 Å². The van der Waals surface area contributed by atoms with Gasteiger partial charge in [-0.1, -0.05) is 30.3 Å². The molecule has 1 aromatic rings. The van der Waals surface area contributed by atoms with Crippen LogP contribution >= 0.6 is 7.75 Å². The second-order valence-corrected chi connectivity index (χ2v) is 5.67. The summed E-state index contributed by atoms with van der Waals surface area (Å²) in [6, 6.07) is 7.51. The minimum absolute atomic E-state index is 0.101. The van der Waals surface area contributed by atoms with Gasteiger partial charge < -0.3 is 14.5 Å². The molecular formula is C12H17N2O8P. The largest absolute Gasteiger partial charge is 0.481 e. The third kappa shape index (κ3) is 4.58. The van der Waals surface area contributed by atoms with E-state index in [1.165, 1.54) is 24.3 Å². The van der Waals surface area contributed by atoms with E-state index in [2.05, 4.69) is 4.52 Å².